The smallest absolute Gasteiger partial charge is 0.264 e. The van der Waals surface area contributed by atoms with Crippen molar-refractivity contribution in [2.24, 2.45) is 0 Å². The second-order valence-corrected chi connectivity index (χ2v) is 12.1. The molecule has 0 fully saturated rings. The number of sulfonamides is 1. The number of nitrogens with zero attached hydrogens (tertiary/aromatic N) is 2. The van der Waals surface area contributed by atoms with Gasteiger partial charge in [-0.2, -0.15) is 0 Å². The van der Waals surface area contributed by atoms with Crippen molar-refractivity contribution in [2.75, 3.05) is 25.1 Å². The summed E-state index contributed by atoms with van der Waals surface area (Å²) in [5.41, 5.74) is 2.93. The molecular weight excluding hydrogens is 542 g/mol. The predicted molar refractivity (Wildman–Crippen MR) is 160 cm³/mol. The van der Waals surface area contributed by atoms with Gasteiger partial charge in [0.05, 0.1) is 24.8 Å². The minimum Gasteiger partial charge on any atom is -0.493 e. The number of benzene rings is 3. The van der Waals surface area contributed by atoms with E-state index in [-0.39, 0.29) is 29.1 Å². The number of carbonyl (C=O) groups excluding carboxylic acids is 2. The largest absolute Gasteiger partial charge is 0.493 e. The number of aryl methyl sites for hydroxylation is 2. The Labute approximate surface area is 243 Å². The quantitative estimate of drug-likeness (QED) is 0.339. The SMILES string of the molecule is COc1ccc(N(CC(=O)N(Cc2cccc(C)c2)C(C)C(=O)NC(C)C)S(=O)(=O)c2ccc(C)cc2)cc1OC. The highest BCUT2D eigenvalue weighted by molar-refractivity contribution is 7.92. The number of rotatable bonds is 12. The van der Waals surface area contributed by atoms with Crippen LogP contribution < -0.4 is 19.1 Å². The lowest BCUT2D eigenvalue weighted by Crippen LogP contribution is -2.52. The summed E-state index contributed by atoms with van der Waals surface area (Å²) in [5.74, 6) is -0.151. The molecule has 2 amide bonds. The third-order valence-corrected chi connectivity index (χ3v) is 8.36. The van der Waals surface area contributed by atoms with Crippen LogP contribution in [0.1, 0.15) is 37.5 Å². The van der Waals surface area contributed by atoms with Crippen molar-refractivity contribution in [2.45, 2.75) is 58.1 Å². The minimum absolute atomic E-state index is 0.0292. The molecule has 1 atom stereocenters. The van der Waals surface area contributed by atoms with Gasteiger partial charge >= 0.3 is 0 Å². The molecule has 0 saturated carbocycles. The number of carbonyl (C=O) groups is 2. The van der Waals surface area contributed by atoms with Gasteiger partial charge in [0.1, 0.15) is 12.6 Å². The maximum Gasteiger partial charge on any atom is 0.264 e. The zero-order valence-corrected chi connectivity index (χ0v) is 25.5. The van der Waals surface area contributed by atoms with E-state index in [0.29, 0.717) is 11.5 Å². The molecule has 10 heteroatoms. The van der Waals surface area contributed by atoms with Crippen LogP contribution in [-0.4, -0.2) is 58.0 Å². The first kappa shape index (κ1) is 31.5. The first-order chi connectivity index (χ1) is 19.4. The number of nitrogens with one attached hydrogen (secondary N) is 1. The van der Waals surface area contributed by atoms with Gasteiger partial charge in [0, 0.05) is 18.7 Å². The van der Waals surface area contributed by atoms with Crippen molar-refractivity contribution in [1.29, 1.82) is 0 Å². The van der Waals surface area contributed by atoms with E-state index in [0.717, 1.165) is 21.0 Å². The molecule has 0 heterocycles. The fraction of sp³-hybridized carbons (Fsp3) is 0.355. The summed E-state index contributed by atoms with van der Waals surface area (Å²) in [7, 11) is -1.27. The standard InChI is InChI=1S/C31H39N3O6S/c1-21(2)32-31(36)24(5)33(19-25-10-8-9-23(4)17-25)30(35)20-34(26-13-16-28(39-6)29(18-26)40-7)41(37,38)27-14-11-22(3)12-15-27/h8-18,21,24H,19-20H2,1-7H3,(H,32,36). The molecular formula is C31H39N3O6S. The molecule has 0 aliphatic carbocycles. The van der Waals surface area contributed by atoms with Crippen molar-refractivity contribution in [3.8, 4) is 11.5 Å². The van der Waals surface area contributed by atoms with Gasteiger partial charge in [-0.15, -0.1) is 0 Å². The fourth-order valence-electron chi connectivity index (χ4n) is 4.34. The number of anilines is 1. The first-order valence-corrected chi connectivity index (χ1v) is 14.8. The Balaban J connectivity index is 2.09. The normalized spacial score (nSPS) is 12.0. The van der Waals surface area contributed by atoms with Gasteiger partial charge in [0.2, 0.25) is 11.8 Å². The average molecular weight is 582 g/mol. The molecule has 9 nitrogen and oxygen atoms in total. The maximum atomic E-state index is 14.0. The molecule has 220 valence electrons. The van der Waals surface area contributed by atoms with Crippen LogP contribution in [-0.2, 0) is 26.2 Å². The number of amides is 2. The number of methoxy groups -OCH3 is 2. The molecule has 0 spiro atoms. The van der Waals surface area contributed by atoms with E-state index in [9.17, 15) is 18.0 Å². The van der Waals surface area contributed by atoms with E-state index in [1.165, 1.54) is 37.3 Å². The third-order valence-electron chi connectivity index (χ3n) is 6.58. The minimum atomic E-state index is -4.20. The Kier molecular flexibility index (Phi) is 10.4. The first-order valence-electron chi connectivity index (χ1n) is 13.3. The molecule has 0 aliphatic rings. The molecule has 1 N–H and O–H groups in total. The van der Waals surface area contributed by atoms with E-state index in [2.05, 4.69) is 5.32 Å². The third kappa shape index (κ3) is 7.79. The second-order valence-electron chi connectivity index (χ2n) is 10.2. The van der Waals surface area contributed by atoms with Gasteiger partial charge in [0.25, 0.3) is 10.0 Å². The molecule has 0 aliphatic heterocycles. The van der Waals surface area contributed by atoms with Gasteiger partial charge in [-0.1, -0.05) is 47.5 Å². The van der Waals surface area contributed by atoms with Crippen LogP contribution >= 0.6 is 0 Å². The lowest BCUT2D eigenvalue weighted by Gasteiger charge is -2.32. The summed E-state index contributed by atoms with van der Waals surface area (Å²) >= 11 is 0. The van der Waals surface area contributed by atoms with Gasteiger partial charge < -0.3 is 19.7 Å². The van der Waals surface area contributed by atoms with Gasteiger partial charge in [0.15, 0.2) is 11.5 Å². The molecule has 0 saturated heterocycles. The predicted octanol–water partition coefficient (Wildman–Crippen LogP) is 4.46. The summed E-state index contributed by atoms with van der Waals surface area (Å²) in [5, 5.41) is 2.85. The van der Waals surface area contributed by atoms with Crippen LogP contribution in [0.3, 0.4) is 0 Å². The summed E-state index contributed by atoms with van der Waals surface area (Å²) in [4.78, 5) is 28.5. The van der Waals surface area contributed by atoms with Crippen LogP contribution in [0, 0.1) is 13.8 Å². The molecule has 0 bridgehead atoms. The van der Waals surface area contributed by atoms with Crippen molar-refractivity contribution < 1.29 is 27.5 Å². The highest BCUT2D eigenvalue weighted by atomic mass is 32.2. The van der Waals surface area contributed by atoms with E-state index in [4.69, 9.17) is 9.47 Å². The number of hydrogen-bond acceptors (Lipinski definition) is 6. The van der Waals surface area contributed by atoms with E-state index >= 15 is 0 Å². The highest BCUT2D eigenvalue weighted by Crippen LogP contribution is 2.34. The Bertz CT molecular complexity index is 1470. The Morgan fingerprint density at radius 2 is 1.51 bits per heavy atom. The van der Waals surface area contributed by atoms with Crippen molar-refractivity contribution in [1.82, 2.24) is 10.2 Å². The summed E-state index contributed by atoms with van der Waals surface area (Å²) in [6.07, 6.45) is 0. The fourth-order valence-corrected chi connectivity index (χ4v) is 5.75. The highest BCUT2D eigenvalue weighted by Gasteiger charge is 2.33. The molecule has 1 unspecified atom stereocenters. The van der Waals surface area contributed by atoms with E-state index < -0.39 is 28.5 Å². The molecule has 3 rings (SSSR count). The monoisotopic (exact) mass is 581 g/mol. The van der Waals surface area contributed by atoms with Gasteiger partial charge in [-0.05, 0) is 64.4 Å². The lowest BCUT2D eigenvalue weighted by atomic mass is 10.1. The molecule has 0 aromatic heterocycles. The molecule has 3 aromatic carbocycles. The summed E-state index contributed by atoms with van der Waals surface area (Å²) in [6, 6.07) is 17.7. The van der Waals surface area contributed by atoms with Crippen molar-refractivity contribution >= 4 is 27.5 Å². The Morgan fingerprint density at radius 1 is 0.854 bits per heavy atom. The second kappa shape index (κ2) is 13.5. The summed E-state index contributed by atoms with van der Waals surface area (Å²) in [6.45, 7) is 8.69. The van der Waals surface area contributed by atoms with Gasteiger partial charge in [-0.3, -0.25) is 13.9 Å². The topological polar surface area (TPSA) is 105 Å². The van der Waals surface area contributed by atoms with Gasteiger partial charge in [-0.25, -0.2) is 8.42 Å². The number of hydrogen-bond donors (Lipinski definition) is 1. The van der Waals surface area contributed by atoms with Crippen LogP contribution in [0.5, 0.6) is 11.5 Å². The maximum absolute atomic E-state index is 14.0. The van der Waals surface area contributed by atoms with Crippen molar-refractivity contribution in [3.05, 3.63) is 83.4 Å². The lowest BCUT2D eigenvalue weighted by molar-refractivity contribution is -0.139. The Morgan fingerprint density at radius 3 is 2.10 bits per heavy atom. The number of ether oxygens (including phenoxy) is 2. The molecule has 3 aromatic rings. The molecule has 0 radical (unpaired) electrons. The molecule has 41 heavy (non-hydrogen) atoms. The zero-order valence-electron chi connectivity index (χ0n) is 24.7. The zero-order chi connectivity index (χ0) is 30.3. The summed E-state index contributed by atoms with van der Waals surface area (Å²) < 4.78 is 39.8. The van der Waals surface area contributed by atoms with Crippen LogP contribution in [0.4, 0.5) is 5.69 Å². The van der Waals surface area contributed by atoms with Crippen LogP contribution in [0.2, 0.25) is 0 Å². The average Bonchev–Trinajstić information content (AvgIpc) is 2.93. The van der Waals surface area contributed by atoms with E-state index in [1.807, 2.05) is 52.0 Å². The Hall–Kier alpha value is -4.05. The van der Waals surface area contributed by atoms with Crippen molar-refractivity contribution in [3.63, 3.8) is 0 Å². The van der Waals surface area contributed by atoms with Crippen LogP contribution in [0.25, 0.3) is 0 Å². The van der Waals surface area contributed by atoms with E-state index in [1.54, 1.807) is 31.2 Å². The van der Waals surface area contributed by atoms with Crippen LogP contribution in [0.15, 0.2) is 71.6 Å².